The standard InChI is InChI=1S/C21H26N4O4S2/c1-5-22-31(28,29)17-9-15(19-11(2)23-21(30-19)24-13(4)26)8-16-10-25(20(27)18(16)17)12(3)14-6-7-14/h8-9,12,14,22H,5-7,10H2,1-4H3,(H,23,24,26). The Hall–Kier alpha value is -2.30. The summed E-state index contributed by atoms with van der Waals surface area (Å²) >= 11 is 1.29. The lowest BCUT2D eigenvalue weighted by molar-refractivity contribution is -0.114. The zero-order valence-corrected chi connectivity index (χ0v) is 19.6. The molecule has 0 bridgehead atoms. The van der Waals surface area contributed by atoms with Gasteiger partial charge in [-0.15, -0.1) is 0 Å². The van der Waals surface area contributed by atoms with Crippen molar-refractivity contribution in [2.45, 2.75) is 58.0 Å². The zero-order chi connectivity index (χ0) is 22.5. The predicted molar refractivity (Wildman–Crippen MR) is 120 cm³/mol. The normalized spacial score (nSPS) is 17.0. The van der Waals surface area contributed by atoms with E-state index in [0.29, 0.717) is 34.4 Å². The zero-order valence-electron chi connectivity index (χ0n) is 18.0. The summed E-state index contributed by atoms with van der Waals surface area (Å²) in [6.45, 7) is 7.59. The molecule has 2 heterocycles. The maximum atomic E-state index is 13.3. The van der Waals surface area contributed by atoms with E-state index >= 15 is 0 Å². The van der Waals surface area contributed by atoms with Crippen LogP contribution in [0.5, 0.6) is 0 Å². The number of hydrogen-bond donors (Lipinski definition) is 2. The van der Waals surface area contributed by atoms with Gasteiger partial charge in [0.1, 0.15) is 0 Å². The molecule has 0 saturated heterocycles. The Kier molecular flexibility index (Phi) is 5.65. The molecule has 1 atom stereocenters. The summed E-state index contributed by atoms with van der Waals surface area (Å²) < 4.78 is 28.6. The number of carbonyl (C=O) groups excluding carboxylic acids is 2. The molecular weight excluding hydrogens is 436 g/mol. The molecule has 0 spiro atoms. The molecule has 2 N–H and O–H groups in total. The highest BCUT2D eigenvalue weighted by molar-refractivity contribution is 7.89. The Morgan fingerprint density at radius 1 is 1.35 bits per heavy atom. The number of thiazole rings is 1. The first-order valence-corrected chi connectivity index (χ1v) is 12.6. The van der Waals surface area contributed by atoms with Crippen molar-refractivity contribution >= 4 is 38.3 Å². The lowest BCUT2D eigenvalue weighted by atomic mass is 10.0. The van der Waals surface area contributed by atoms with Gasteiger partial charge in [0, 0.05) is 26.1 Å². The Bertz CT molecular complexity index is 1170. The highest BCUT2D eigenvalue weighted by Gasteiger charge is 2.41. The highest BCUT2D eigenvalue weighted by Crippen LogP contribution is 2.42. The third-order valence-corrected chi connectivity index (χ3v) is 8.45. The van der Waals surface area contributed by atoms with Gasteiger partial charge >= 0.3 is 0 Å². The number of aryl methyl sites for hydroxylation is 1. The Balaban J connectivity index is 1.84. The number of sulfonamides is 1. The average molecular weight is 463 g/mol. The van der Waals surface area contributed by atoms with Crippen LogP contribution < -0.4 is 10.0 Å². The number of hydrogen-bond acceptors (Lipinski definition) is 6. The van der Waals surface area contributed by atoms with E-state index in [1.807, 2.05) is 19.9 Å². The molecule has 166 valence electrons. The molecule has 2 amide bonds. The Morgan fingerprint density at radius 2 is 2.06 bits per heavy atom. The summed E-state index contributed by atoms with van der Waals surface area (Å²) in [5.74, 6) is 0.0351. The van der Waals surface area contributed by atoms with Gasteiger partial charge < -0.3 is 10.2 Å². The topological polar surface area (TPSA) is 108 Å². The van der Waals surface area contributed by atoms with Crippen molar-refractivity contribution in [2.75, 3.05) is 11.9 Å². The number of amides is 2. The van der Waals surface area contributed by atoms with Crippen LogP contribution in [-0.2, 0) is 21.4 Å². The van der Waals surface area contributed by atoms with Gasteiger partial charge in [0.15, 0.2) is 5.13 Å². The molecule has 0 radical (unpaired) electrons. The summed E-state index contributed by atoms with van der Waals surface area (Å²) in [6.07, 6.45) is 2.20. The minimum absolute atomic E-state index is 0.00576. The average Bonchev–Trinajstić information content (AvgIpc) is 3.40. The third kappa shape index (κ3) is 4.11. The Morgan fingerprint density at radius 3 is 2.68 bits per heavy atom. The second kappa shape index (κ2) is 7.99. The molecule has 1 fully saturated rings. The van der Waals surface area contributed by atoms with Crippen LogP contribution in [0.1, 0.15) is 55.2 Å². The van der Waals surface area contributed by atoms with Gasteiger partial charge in [-0.3, -0.25) is 9.59 Å². The smallest absolute Gasteiger partial charge is 0.256 e. The molecule has 10 heteroatoms. The maximum absolute atomic E-state index is 13.3. The van der Waals surface area contributed by atoms with E-state index < -0.39 is 10.0 Å². The molecule has 2 aliphatic rings. The van der Waals surface area contributed by atoms with Gasteiger partial charge in [0.25, 0.3) is 5.91 Å². The van der Waals surface area contributed by atoms with Crippen LogP contribution in [0.2, 0.25) is 0 Å². The number of benzene rings is 1. The number of rotatable bonds is 7. The van der Waals surface area contributed by atoms with Crippen LogP contribution in [0.25, 0.3) is 10.4 Å². The van der Waals surface area contributed by atoms with Crippen molar-refractivity contribution in [2.24, 2.45) is 5.92 Å². The Labute approximate surface area is 186 Å². The van der Waals surface area contributed by atoms with Crippen molar-refractivity contribution in [3.63, 3.8) is 0 Å². The number of anilines is 1. The summed E-state index contributed by atoms with van der Waals surface area (Å²) in [5.41, 5.74) is 2.34. The summed E-state index contributed by atoms with van der Waals surface area (Å²) in [7, 11) is -3.86. The lowest BCUT2D eigenvalue weighted by Crippen LogP contribution is -2.35. The predicted octanol–water partition coefficient (Wildman–Crippen LogP) is 3.13. The molecule has 31 heavy (non-hydrogen) atoms. The largest absolute Gasteiger partial charge is 0.331 e. The quantitative estimate of drug-likeness (QED) is 0.657. The molecule has 1 aliphatic heterocycles. The summed E-state index contributed by atoms with van der Waals surface area (Å²) in [6, 6.07) is 3.52. The molecule has 2 aromatic rings. The van der Waals surface area contributed by atoms with Crippen molar-refractivity contribution in [1.82, 2.24) is 14.6 Å². The maximum Gasteiger partial charge on any atom is 0.256 e. The lowest BCUT2D eigenvalue weighted by Gasteiger charge is -2.24. The fraction of sp³-hybridized carbons (Fsp3) is 0.476. The highest BCUT2D eigenvalue weighted by atomic mass is 32.2. The molecule has 1 unspecified atom stereocenters. The first-order valence-electron chi connectivity index (χ1n) is 10.3. The summed E-state index contributed by atoms with van der Waals surface area (Å²) in [5, 5.41) is 3.13. The van der Waals surface area contributed by atoms with E-state index in [1.54, 1.807) is 17.9 Å². The van der Waals surface area contributed by atoms with Gasteiger partial charge in [0.05, 0.1) is 21.0 Å². The van der Waals surface area contributed by atoms with E-state index in [1.165, 1.54) is 18.3 Å². The third-order valence-electron chi connectivity index (χ3n) is 5.76. The van der Waals surface area contributed by atoms with Crippen LogP contribution in [0, 0.1) is 12.8 Å². The first kappa shape index (κ1) is 21.9. The molecule has 4 rings (SSSR count). The number of carbonyl (C=O) groups is 2. The van der Waals surface area contributed by atoms with Crippen molar-refractivity contribution in [3.05, 3.63) is 29.0 Å². The molecular formula is C21H26N4O4S2. The fourth-order valence-corrected chi connectivity index (χ4v) is 6.39. The molecule has 1 saturated carbocycles. The van der Waals surface area contributed by atoms with Crippen LogP contribution in [0.4, 0.5) is 5.13 Å². The molecule has 1 aliphatic carbocycles. The van der Waals surface area contributed by atoms with E-state index in [4.69, 9.17) is 0 Å². The van der Waals surface area contributed by atoms with Gasteiger partial charge in [-0.05, 0) is 55.9 Å². The van der Waals surface area contributed by atoms with Gasteiger partial charge in [-0.2, -0.15) is 0 Å². The van der Waals surface area contributed by atoms with Gasteiger partial charge in [0.2, 0.25) is 15.9 Å². The second-order valence-electron chi connectivity index (χ2n) is 8.14. The number of nitrogens with one attached hydrogen (secondary N) is 2. The molecule has 8 nitrogen and oxygen atoms in total. The van der Waals surface area contributed by atoms with E-state index in [9.17, 15) is 18.0 Å². The number of nitrogens with zero attached hydrogens (tertiary/aromatic N) is 2. The number of aromatic nitrogens is 1. The minimum atomic E-state index is -3.86. The molecule has 1 aromatic carbocycles. The SMILES string of the molecule is CCNS(=O)(=O)c1cc(-c2sc(NC(C)=O)nc2C)cc2c1C(=O)N(C(C)C1CC1)C2. The van der Waals surface area contributed by atoms with Gasteiger partial charge in [-0.25, -0.2) is 18.1 Å². The monoisotopic (exact) mass is 462 g/mol. The van der Waals surface area contributed by atoms with E-state index in [0.717, 1.165) is 17.7 Å². The van der Waals surface area contributed by atoms with Crippen LogP contribution in [-0.4, -0.2) is 42.7 Å². The van der Waals surface area contributed by atoms with Crippen molar-refractivity contribution in [1.29, 1.82) is 0 Å². The van der Waals surface area contributed by atoms with Crippen LogP contribution in [0.3, 0.4) is 0 Å². The van der Waals surface area contributed by atoms with Crippen LogP contribution >= 0.6 is 11.3 Å². The van der Waals surface area contributed by atoms with Crippen LogP contribution in [0.15, 0.2) is 17.0 Å². The van der Waals surface area contributed by atoms with Gasteiger partial charge in [-0.1, -0.05) is 18.3 Å². The first-order chi connectivity index (χ1) is 14.6. The van der Waals surface area contributed by atoms with Crippen molar-refractivity contribution < 1.29 is 18.0 Å². The fourth-order valence-electron chi connectivity index (χ4n) is 4.08. The number of fused-ring (bicyclic) bond motifs is 1. The second-order valence-corrected chi connectivity index (χ2v) is 10.9. The van der Waals surface area contributed by atoms with Crippen molar-refractivity contribution in [3.8, 4) is 10.4 Å². The minimum Gasteiger partial charge on any atom is -0.331 e. The van der Waals surface area contributed by atoms with E-state index in [-0.39, 0.29) is 34.9 Å². The molecule has 1 aromatic heterocycles. The van der Waals surface area contributed by atoms with E-state index in [2.05, 4.69) is 15.0 Å². The summed E-state index contributed by atoms with van der Waals surface area (Å²) in [4.78, 5) is 31.6.